The van der Waals surface area contributed by atoms with Crippen molar-refractivity contribution in [3.05, 3.63) is 0 Å². The van der Waals surface area contributed by atoms with Crippen molar-refractivity contribution in [2.45, 2.75) is 168 Å². The lowest BCUT2D eigenvalue weighted by Gasteiger charge is -2.26. The molecule has 0 aromatic carbocycles. The van der Waals surface area contributed by atoms with Crippen LogP contribution in [0.2, 0.25) is 0 Å². The molecule has 0 radical (unpaired) electrons. The van der Waals surface area contributed by atoms with Gasteiger partial charge in [-0.2, -0.15) is 0 Å². The molecule has 27 heavy (non-hydrogen) atoms. The Balaban J connectivity index is 4.42. The number of hydrogen-bond donors (Lipinski definition) is 0. The summed E-state index contributed by atoms with van der Waals surface area (Å²) in [6.45, 7) is 9.23. The average Bonchev–Trinajstić information content (AvgIpc) is 2.68. The average molecular weight is 383 g/mol. The molecule has 0 saturated carbocycles. The van der Waals surface area contributed by atoms with Crippen LogP contribution in [-0.2, 0) is 4.74 Å². The normalized spacial score (nSPS) is 11.8. The lowest BCUT2D eigenvalue weighted by atomic mass is 10.0. The van der Waals surface area contributed by atoms with E-state index in [1.807, 2.05) is 0 Å². The van der Waals surface area contributed by atoms with E-state index in [0.29, 0.717) is 12.2 Å². The summed E-state index contributed by atoms with van der Waals surface area (Å²) < 4.78 is 6.77. The van der Waals surface area contributed by atoms with Crippen molar-refractivity contribution >= 4 is 0 Å². The Morgan fingerprint density at radius 3 is 0.852 bits per heavy atom. The van der Waals surface area contributed by atoms with E-state index in [1.165, 1.54) is 128 Å². The highest BCUT2D eigenvalue weighted by molar-refractivity contribution is 4.66. The molecule has 0 N–H and O–H groups in total. The van der Waals surface area contributed by atoms with Crippen molar-refractivity contribution in [3.8, 4) is 0 Å². The summed E-state index contributed by atoms with van der Waals surface area (Å²) in [6.07, 6.45) is 28.2. The van der Waals surface area contributed by atoms with E-state index in [2.05, 4.69) is 27.7 Å². The number of rotatable bonds is 22. The minimum Gasteiger partial charge on any atom is -0.375 e. The van der Waals surface area contributed by atoms with Gasteiger partial charge in [0.05, 0.1) is 12.2 Å². The molecule has 0 aliphatic heterocycles. The molecule has 0 aromatic rings. The summed E-state index contributed by atoms with van der Waals surface area (Å²) in [5.74, 6) is 0. The molecular weight excluding hydrogens is 328 g/mol. The zero-order chi connectivity index (χ0) is 20.0. The highest BCUT2D eigenvalue weighted by Crippen LogP contribution is 2.22. The van der Waals surface area contributed by atoms with E-state index < -0.39 is 0 Å². The molecule has 0 aliphatic rings. The predicted octanol–water partition coefficient (Wildman–Crippen LogP) is 9.62. The van der Waals surface area contributed by atoms with E-state index >= 15 is 0 Å². The van der Waals surface area contributed by atoms with Gasteiger partial charge in [-0.1, -0.05) is 130 Å². The van der Waals surface area contributed by atoms with E-state index in [9.17, 15) is 0 Å². The van der Waals surface area contributed by atoms with E-state index in [4.69, 9.17) is 4.74 Å². The van der Waals surface area contributed by atoms with Crippen LogP contribution in [0.1, 0.15) is 156 Å². The third-order valence-corrected chi connectivity index (χ3v) is 5.90. The SMILES string of the molecule is CCCCCCC(CCCCCC)OC(CCCCCC)CCCCCC. The van der Waals surface area contributed by atoms with E-state index in [1.54, 1.807) is 0 Å². The Hall–Kier alpha value is -0.0400. The second kappa shape index (κ2) is 22.3. The molecule has 0 spiro atoms. The van der Waals surface area contributed by atoms with Gasteiger partial charge in [0.2, 0.25) is 0 Å². The molecule has 0 amide bonds. The molecule has 0 bridgehead atoms. The second-order valence-corrected chi connectivity index (χ2v) is 8.78. The lowest BCUT2D eigenvalue weighted by Crippen LogP contribution is -2.23. The molecule has 1 nitrogen and oxygen atoms in total. The topological polar surface area (TPSA) is 9.23 Å². The number of hydrogen-bond acceptors (Lipinski definition) is 1. The Kier molecular flexibility index (Phi) is 22.2. The number of unbranched alkanes of at least 4 members (excludes halogenated alkanes) is 12. The molecular formula is C26H54O. The van der Waals surface area contributed by atoms with Gasteiger partial charge in [0.15, 0.2) is 0 Å². The Bertz CT molecular complexity index is 213. The Morgan fingerprint density at radius 1 is 0.370 bits per heavy atom. The minimum absolute atomic E-state index is 0.529. The highest BCUT2D eigenvalue weighted by Gasteiger charge is 2.16. The first kappa shape index (κ1) is 27.0. The van der Waals surface area contributed by atoms with Gasteiger partial charge in [-0.3, -0.25) is 0 Å². The van der Waals surface area contributed by atoms with Crippen molar-refractivity contribution < 1.29 is 4.74 Å². The fraction of sp³-hybridized carbons (Fsp3) is 1.00. The van der Waals surface area contributed by atoms with Crippen molar-refractivity contribution in [2.75, 3.05) is 0 Å². The summed E-state index contributed by atoms with van der Waals surface area (Å²) in [4.78, 5) is 0. The standard InChI is InChI=1S/C26H54O/c1-5-9-13-17-21-25(22-18-14-10-6-2)27-26(23-19-15-11-7-3)24-20-16-12-8-4/h25-26H,5-24H2,1-4H3. The predicted molar refractivity (Wildman–Crippen MR) is 124 cm³/mol. The first-order valence-electron chi connectivity index (χ1n) is 12.9. The maximum atomic E-state index is 6.77. The summed E-state index contributed by atoms with van der Waals surface area (Å²) in [5.41, 5.74) is 0. The largest absolute Gasteiger partial charge is 0.375 e. The zero-order valence-electron chi connectivity index (χ0n) is 19.7. The summed E-state index contributed by atoms with van der Waals surface area (Å²) >= 11 is 0. The van der Waals surface area contributed by atoms with Gasteiger partial charge in [-0.15, -0.1) is 0 Å². The van der Waals surface area contributed by atoms with Crippen molar-refractivity contribution in [3.63, 3.8) is 0 Å². The Morgan fingerprint density at radius 2 is 0.630 bits per heavy atom. The molecule has 164 valence electrons. The third kappa shape index (κ3) is 19.1. The van der Waals surface area contributed by atoms with Crippen LogP contribution in [0.25, 0.3) is 0 Å². The van der Waals surface area contributed by atoms with Gasteiger partial charge in [0.25, 0.3) is 0 Å². The van der Waals surface area contributed by atoms with E-state index in [-0.39, 0.29) is 0 Å². The van der Waals surface area contributed by atoms with Crippen LogP contribution in [-0.4, -0.2) is 12.2 Å². The van der Waals surface area contributed by atoms with Crippen LogP contribution in [0, 0.1) is 0 Å². The fourth-order valence-electron chi connectivity index (χ4n) is 4.03. The van der Waals surface area contributed by atoms with Gasteiger partial charge in [0.1, 0.15) is 0 Å². The lowest BCUT2D eigenvalue weighted by molar-refractivity contribution is -0.0324. The quantitative estimate of drug-likeness (QED) is 0.169. The maximum absolute atomic E-state index is 6.77. The van der Waals surface area contributed by atoms with Crippen LogP contribution in [0.15, 0.2) is 0 Å². The van der Waals surface area contributed by atoms with Crippen LogP contribution < -0.4 is 0 Å². The van der Waals surface area contributed by atoms with Crippen LogP contribution in [0.3, 0.4) is 0 Å². The van der Waals surface area contributed by atoms with Gasteiger partial charge in [-0.25, -0.2) is 0 Å². The Labute approximate surface area is 173 Å². The first-order valence-corrected chi connectivity index (χ1v) is 12.9. The van der Waals surface area contributed by atoms with Gasteiger partial charge in [0, 0.05) is 0 Å². The van der Waals surface area contributed by atoms with Crippen molar-refractivity contribution in [2.24, 2.45) is 0 Å². The molecule has 1 heteroatoms. The monoisotopic (exact) mass is 382 g/mol. The maximum Gasteiger partial charge on any atom is 0.0578 e. The smallest absolute Gasteiger partial charge is 0.0578 e. The van der Waals surface area contributed by atoms with Crippen molar-refractivity contribution in [1.29, 1.82) is 0 Å². The molecule has 0 unspecified atom stereocenters. The summed E-state index contributed by atoms with van der Waals surface area (Å²) in [5, 5.41) is 0. The van der Waals surface area contributed by atoms with Gasteiger partial charge < -0.3 is 4.74 Å². The molecule has 0 aliphatic carbocycles. The van der Waals surface area contributed by atoms with Crippen LogP contribution in [0.5, 0.6) is 0 Å². The molecule has 0 rings (SSSR count). The molecule has 0 atom stereocenters. The zero-order valence-corrected chi connectivity index (χ0v) is 19.7. The second-order valence-electron chi connectivity index (χ2n) is 8.78. The van der Waals surface area contributed by atoms with Gasteiger partial charge >= 0.3 is 0 Å². The number of ether oxygens (including phenoxy) is 1. The highest BCUT2D eigenvalue weighted by atomic mass is 16.5. The van der Waals surface area contributed by atoms with Gasteiger partial charge in [-0.05, 0) is 25.7 Å². The van der Waals surface area contributed by atoms with Crippen LogP contribution in [0.4, 0.5) is 0 Å². The molecule has 0 saturated heterocycles. The van der Waals surface area contributed by atoms with Crippen molar-refractivity contribution in [1.82, 2.24) is 0 Å². The first-order chi connectivity index (χ1) is 13.3. The van der Waals surface area contributed by atoms with E-state index in [0.717, 1.165) is 0 Å². The molecule has 0 aromatic heterocycles. The summed E-state index contributed by atoms with van der Waals surface area (Å²) in [6, 6.07) is 0. The molecule has 0 heterocycles. The fourth-order valence-corrected chi connectivity index (χ4v) is 4.03. The molecule has 0 fully saturated rings. The minimum atomic E-state index is 0.529. The van der Waals surface area contributed by atoms with Crippen LogP contribution >= 0.6 is 0 Å². The third-order valence-electron chi connectivity index (χ3n) is 5.90. The summed E-state index contributed by atoms with van der Waals surface area (Å²) in [7, 11) is 0.